The van der Waals surface area contributed by atoms with Crippen molar-refractivity contribution in [1.82, 2.24) is 5.32 Å². The topological polar surface area (TPSA) is 12.0 Å². The Bertz CT molecular complexity index is 98.9. The van der Waals surface area contributed by atoms with Gasteiger partial charge in [0, 0.05) is 6.04 Å². The number of hydrogen-bond donors (Lipinski definition) is 1. The molecule has 0 heterocycles. The van der Waals surface area contributed by atoms with E-state index in [9.17, 15) is 0 Å². The quantitative estimate of drug-likeness (QED) is 0.593. The Morgan fingerprint density at radius 2 is 1.71 bits per heavy atom. The van der Waals surface area contributed by atoms with E-state index in [1.165, 1.54) is 37.3 Å². The highest BCUT2D eigenvalue weighted by Gasteiger charge is 1.95. The second kappa shape index (κ2) is 9.85. The summed E-state index contributed by atoms with van der Waals surface area (Å²) in [6, 6.07) is 0.642. The minimum atomic E-state index is 0.642. The van der Waals surface area contributed by atoms with E-state index in [-0.39, 0.29) is 0 Å². The molecule has 0 aliphatic heterocycles. The van der Waals surface area contributed by atoms with Gasteiger partial charge in [-0.2, -0.15) is 11.8 Å². The zero-order chi connectivity index (χ0) is 10.8. The van der Waals surface area contributed by atoms with Crippen LogP contribution in [0.3, 0.4) is 0 Å². The minimum absolute atomic E-state index is 0.642. The van der Waals surface area contributed by atoms with Crippen molar-refractivity contribution in [2.75, 3.05) is 18.1 Å². The summed E-state index contributed by atoms with van der Waals surface area (Å²) in [7, 11) is 0. The highest BCUT2D eigenvalue weighted by atomic mass is 32.2. The van der Waals surface area contributed by atoms with Crippen LogP contribution in [0.15, 0.2) is 0 Å². The van der Waals surface area contributed by atoms with Crippen molar-refractivity contribution in [3.8, 4) is 0 Å². The lowest BCUT2D eigenvalue weighted by molar-refractivity contribution is 0.567. The van der Waals surface area contributed by atoms with Crippen LogP contribution < -0.4 is 5.32 Å². The first kappa shape index (κ1) is 14.3. The highest BCUT2D eigenvalue weighted by molar-refractivity contribution is 7.99. The van der Waals surface area contributed by atoms with Gasteiger partial charge in [-0.25, -0.2) is 0 Å². The zero-order valence-electron chi connectivity index (χ0n) is 10.3. The molecule has 86 valence electrons. The summed E-state index contributed by atoms with van der Waals surface area (Å²) >= 11 is 2.11. The average molecular weight is 217 g/mol. The Labute approximate surface area is 94.4 Å². The van der Waals surface area contributed by atoms with Crippen molar-refractivity contribution in [1.29, 1.82) is 0 Å². The predicted octanol–water partition coefficient (Wildman–Crippen LogP) is 3.54. The molecule has 0 aromatic carbocycles. The molecule has 0 aliphatic rings. The number of hydrogen-bond acceptors (Lipinski definition) is 2. The van der Waals surface area contributed by atoms with Crippen LogP contribution in [0.2, 0.25) is 0 Å². The number of nitrogens with one attached hydrogen (secondary N) is 1. The molecular weight excluding hydrogens is 190 g/mol. The number of thioether (sulfide) groups is 1. The summed E-state index contributed by atoms with van der Waals surface area (Å²) in [6.07, 6.45) is 4.06. The van der Waals surface area contributed by atoms with Crippen LogP contribution >= 0.6 is 11.8 Å². The first-order chi connectivity index (χ1) is 6.63. The molecule has 0 atom stereocenters. The lowest BCUT2D eigenvalue weighted by Gasteiger charge is -2.07. The summed E-state index contributed by atoms with van der Waals surface area (Å²) in [5.74, 6) is 3.55. The monoisotopic (exact) mass is 217 g/mol. The highest BCUT2D eigenvalue weighted by Crippen LogP contribution is 2.10. The molecule has 0 aromatic heterocycles. The van der Waals surface area contributed by atoms with Crippen molar-refractivity contribution in [3.63, 3.8) is 0 Å². The largest absolute Gasteiger partial charge is 0.315 e. The summed E-state index contributed by atoms with van der Waals surface area (Å²) in [5.41, 5.74) is 0. The van der Waals surface area contributed by atoms with E-state index in [1.807, 2.05) is 0 Å². The molecule has 0 aliphatic carbocycles. The van der Waals surface area contributed by atoms with Gasteiger partial charge in [-0.3, -0.25) is 0 Å². The molecule has 14 heavy (non-hydrogen) atoms. The summed E-state index contributed by atoms with van der Waals surface area (Å²) in [6.45, 7) is 10.2. The molecule has 0 saturated carbocycles. The normalized spacial score (nSPS) is 11.6. The molecule has 0 fully saturated rings. The van der Waals surface area contributed by atoms with Crippen molar-refractivity contribution in [2.45, 2.75) is 53.0 Å². The predicted molar refractivity (Wildman–Crippen MR) is 69.2 cm³/mol. The van der Waals surface area contributed by atoms with Gasteiger partial charge in [0.2, 0.25) is 0 Å². The van der Waals surface area contributed by atoms with Crippen molar-refractivity contribution in [2.24, 2.45) is 5.92 Å². The standard InChI is InChI=1S/C12H27NS/c1-11(2)7-10-14-9-6-5-8-13-12(3)4/h11-13H,5-10H2,1-4H3. The fourth-order valence-corrected chi connectivity index (χ4v) is 2.39. The second-order valence-electron chi connectivity index (χ2n) is 4.61. The molecule has 1 nitrogen and oxygen atoms in total. The maximum Gasteiger partial charge on any atom is 0.00103 e. The van der Waals surface area contributed by atoms with Gasteiger partial charge in [0.1, 0.15) is 0 Å². The maximum atomic E-state index is 3.45. The summed E-state index contributed by atoms with van der Waals surface area (Å²) < 4.78 is 0. The Morgan fingerprint density at radius 1 is 1.00 bits per heavy atom. The SMILES string of the molecule is CC(C)CCSCCCCNC(C)C. The summed E-state index contributed by atoms with van der Waals surface area (Å²) in [4.78, 5) is 0. The molecule has 0 saturated heterocycles. The molecule has 0 radical (unpaired) electrons. The molecule has 0 amide bonds. The molecule has 0 unspecified atom stereocenters. The lowest BCUT2D eigenvalue weighted by atomic mass is 10.2. The van der Waals surface area contributed by atoms with Crippen molar-refractivity contribution >= 4 is 11.8 Å². The van der Waals surface area contributed by atoms with E-state index in [4.69, 9.17) is 0 Å². The van der Waals surface area contributed by atoms with E-state index in [0.29, 0.717) is 6.04 Å². The number of rotatable bonds is 9. The Hall–Kier alpha value is 0.310. The third-order valence-corrected chi connectivity index (χ3v) is 3.21. The molecule has 0 aromatic rings. The van der Waals surface area contributed by atoms with E-state index in [1.54, 1.807) is 0 Å². The number of unbranched alkanes of at least 4 members (excludes halogenated alkanes) is 1. The van der Waals surface area contributed by atoms with Gasteiger partial charge < -0.3 is 5.32 Å². The average Bonchev–Trinajstić information content (AvgIpc) is 2.08. The summed E-state index contributed by atoms with van der Waals surface area (Å²) in [5, 5.41) is 3.45. The first-order valence-electron chi connectivity index (χ1n) is 5.94. The van der Waals surface area contributed by atoms with E-state index >= 15 is 0 Å². The van der Waals surface area contributed by atoms with Gasteiger partial charge in [-0.1, -0.05) is 27.7 Å². The van der Waals surface area contributed by atoms with Crippen molar-refractivity contribution < 1.29 is 0 Å². The first-order valence-corrected chi connectivity index (χ1v) is 7.09. The van der Waals surface area contributed by atoms with Gasteiger partial charge in [0.15, 0.2) is 0 Å². The van der Waals surface area contributed by atoms with Crippen LogP contribution in [-0.2, 0) is 0 Å². The molecule has 2 heteroatoms. The zero-order valence-corrected chi connectivity index (χ0v) is 11.1. The molecule has 1 N–H and O–H groups in total. The fourth-order valence-electron chi connectivity index (χ4n) is 1.14. The Balaban J connectivity index is 2.92. The molecular formula is C12H27NS. The van der Waals surface area contributed by atoms with Crippen LogP contribution in [0.25, 0.3) is 0 Å². The van der Waals surface area contributed by atoms with Gasteiger partial charge >= 0.3 is 0 Å². The van der Waals surface area contributed by atoms with Crippen LogP contribution in [0, 0.1) is 5.92 Å². The van der Waals surface area contributed by atoms with Gasteiger partial charge in [-0.05, 0) is 43.2 Å². The van der Waals surface area contributed by atoms with E-state index in [0.717, 1.165) is 5.92 Å². The molecule has 0 spiro atoms. The second-order valence-corrected chi connectivity index (χ2v) is 5.84. The van der Waals surface area contributed by atoms with Crippen LogP contribution in [-0.4, -0.2) is 24.1 Å². The Morgan fingerprint density at radius 3 is 2.29 bits per heavy atom. The fraction of sp³-hybridized carbons (Fsp3) is 1.00. The van der Waals surface area contributed by atoms with E-state index in [2.05, 4.69) is 44.8 Å². The third kappa shape index (κ3) is 12.3. The van der Waals surface area contributed by atoms with Crippen molar-refractivity contribution in [3.05, 3.63) is 0 Å². The Kier molecular flexibility index (Phi) is 10.1. The van der Waals surface area contributed by atoms with Crippen LogP contribution in [0.4, 0.5) is 0 Å². The minimum Gasteiger partial charge on any atom is -0.315 e. The smallest absolute Gasteiger partial charge is 0.00103 e. The van der Waals surface area contributed by atoms with Crippen LogP contribution in [0.1, 0.15) is 47.0 Å². The lowest BCUT2D eigenvalue weighted by Crippen LogP contribution is -2.23. The van der Waals surface area contributed by atoms with Gasteiger partial charge in [-0.15, -0.1) is 0 Å². The van der Waals surface area contributed by atoms with Crippen LogP contribution in [0.5, 0.6) is 0 Å². The van der Waals surface area contributed by atoms with E-state index < -0.39 is 0 Å². The molecule has 0 bridgehead atoms. The van der Waals surface area contributed by atoms with Gasteiger partial charge in [0.05, 0.1) is 0 Å². The third-order valence-electron chi connectivity index (χ3n) is 2.11. The molecule has 0 rings (SSSR count). The van der Waals surface area contributed by atoms with Gasteiger partial charge in [0.25, 0.3) is 0 Å². The maximum absolute atomic E-state index is 3.45.